The number of pyridine rings is 1. The van der Waals surface area contributed by atoms with E-state index in [1.54, 1.807) is 28.6 Å². The summed E-state index contributed by atoms with van der Waals surface area (Å²) in [4.78, 5) is 19.8. The molecular formula is C23H20N6OS2. The number of nitriles is 1. The Kier molecular flexibility index (Phi) is 7.27. The fraction of sp³-hybridized carbons (Fsp3) is 0.174. The molecule has 7 nitrogen and oxygen atoms in total. The number of rotatable bonds is 9. The molecule has 0 unspecified atom stereocenters. The Morgan fingerprint density at radius 3 is 2.72 bits per heavy atom. The van der Waals surface area contributed by atoms with Gasteiger partial charge in [0, 0.05) is 31.2 Å². The number of aromatic nitrogens is 4. The Labute approximate surface area is 194 Å². The van der Waals surface area contributed by atoms with Crippen LogP contribution in [0.25, 0.3) is 16.4 Å². The van der Waals surface area contributed by atoms with E-state index >= 15 is 0 Å². The second kappa shape index (κ2) is 10.7. The zero-order valence-electron chi connectivity index (χ0n) is 17.2. The highest BCUT2D eigenvalue weighted by Crippen LogP contribution is 2.30. The van der Waals surface area contributed by atoms with Gasteiger partial charge in [0.15, 0.2) is 11.0 Å². The average molecular weight is 461 g/mol. The molecule has 32 heavy (non-hydrogen) atoms. The molecule has 160 valence electrons. The van der Waals surface area contributed by atoms with Crippen LogP contribution in [0.3, 0.4) is 0 Å². The number of para-hydroxylation sites is 1. The van der Waals surface area contributed by atoms with Crippen LogP contribution in [-0.2, 0) is 11.3 Å². The molecule has 0 radical (unpaired) electrons. The third-order valence-corrected chi connectivity index (χ3v) is 6.44. The minimum atomic E-state index is -0.0608. The van der Waals surface area contributed by atoms with Gasteiger partial charge in [-0.1, -0.05) is 42.1 Å². The molecule has 9 heteroatoms. The molecule has 3 heterocycles. The van der Waals surface area contributed by atoms with Crippen LogP contribution in [0.4, 0.5) is 0 Å². The van der Waals surface area contributed by atoms with Gasteiger partial charge in [0.25, 0.3) is 0 Å². The molecule has 1 aromatic carbocycles. The quantitative estimate of drug-likeness (QED) is 0.344. The largest absolute Gasteiger partial charge is 0.337 e. The second-order valence-corrected chi connectivity index (χ2v) is 8.72. The lowest BCUT2D eigenvalue weighted by molar-refractivity contribution is -0.128. The summed E-state index contributed by atoms with van der Waals surface area (Å²) in [5, 5.41) is 20.4. The molecule has 3 aromatic heterocycles. The molecule has 0 aliphatic rings. The molecule has 0 saturated carbocycles. The zero-order chi connectivity index (χ0) is 22.2. The zero-order valence-corrected chi connectivity index (χ0v) is 18.8. The van der Waals surface area contributed by atoms with Crippen molar-refractivity contribution >= 4 is 29.0 Å². The normalized spacial score (nSPS) is 10.6. The van der Waals surface area contributed by atoms with Gasteiger partial charge in [0.1, 0.15) is 0 Å². The maximum atomic E-state index is 13.0. The molecule has 0 fully saturated rings. The van der Waals surface area contributed by atoms with Crippen molar-refractivity contribution in [1.82, 2.24) is 24.6 Å². The maximum Gasteiger partial charge on any atom is 0.233 e. The van der Waals surface area contributed by atoms with Crippen LogP contribution in [0.2, 0.25) is 0 Å². The number of benzene rings is 1. The SMILES string of the molecule is N#CCCN(Cc1cccnc1)C(=O)CSc1nnc(-c2cccs2)n1-c1ccccc1. The highest BCUT2D eigenvalue weighted by Gasteiger charge is 2.20. The van der Waals surface area contributed by atoms with Crippen LogP contribution < -0.4 is 0 Å². The predicted molar refractivity (Wildman–Crippen MR) is 125 cm³/mol. The third kappa shape index (κ3) is 5.22. The van der Waals surface area contributed by atoms with Crippen molar-refractivity contribution in [3.8, 4) is 22.5 Å². The average Bonchev–Trinajstić information content (AvgIpc) is 3.51. The van der Waals surface area contributed by atoms with E-state index in [4.69, 9.17) is 5.26 Å². The summed E-state index contributed by atoms with van der Waals surface area (Å²) in [6, 6.07) is 19.7. The Hall–Kier alpha value is -3.48. The van der Waals surface area contributed by atoms with E-state index in [9.17, 15) is 4.79 Å². The number of carbonyl (C=O) groups excluding carboxylic acids is 1. The number of hydrogen-bond donors (Lipinski definition) is 0. The van der Waals surface area contributed by atoms with Crippen molar-refractivity contribution in [2.75, 3.05) is 12.3 Å². The smallest absolute Gasteiger partial charge is 0.233 e. The number of hydrogen-bond acceptors (Lipinski definition) is 7. The van der Waals surface area contributed by atoms with Crippen LogP contribution in [0.5, 0.6) is 0 Å². The molecule has 0 atom stereocenters. The van der Waals surface area contributed by atoms with Gasteiger partial charge in [-0.25, -0.2) is 0 Å². The molecular weight excluding hydrogens is 440 g/mol. The standard InChI is InChI=1S/C23H20N6OS2/c24-11-6-13-28(16-18-7-4-12-25-15-18)21(30)17-32-23-27-26-22(20-10-5-14-31-20)29(23)19-8-2-1-3-9-19/h1-5,7-10,12,14-15H,6,13,16-17H2. The second-order valence-electron chi connectivity index (χ2n) is 6.83. The van der Waals surface area contributed by atoms with Crippen LogP contribution in [0.1, 0.15) is 12.0 Å². The van der Waals surface area contributed by atoms with E-state index in [0.717, 1.165) is 22.0 Å². The van der Waals surface area contributed by atoms with Gasteiger partial charge in [-0.2, -0.15) is 5.26 Å². The minimum absolute atomic E-state index is 0.0608. The van der Waals surface area contributed by atoms with Crippen molar-refractivity contribution in [3.05, 3.63) is 77.9 Å². The Morgan fingerprint density at radius 2 is 2.00 bits per heavy atom. The number of thioether (sulfide) groups is 1. The van der Waals surface area contributed by atoms with E-state index < -0.39 is 0 Å². The van der Waals surface area contributed by atoms with E-state index in [1.807, 2.05) is 64.5 Å². The van der Waals surface area contributed by atoms with Crippen molar-refractivity contribution in [1.29, 1.82) is 5.26 Å². The van der Waals surface area contributed by atoms with Gasteiger partial charge in [-0.3, -0.25) is 14.3 Å². The first kappa shape index (κ1) is 21.7. The van der Waals surface area contributed by atoms with Gasteiger partial charge in [0.2, 0.25) is 5.91 Å². The first-order valence-electron chi connectivity index (χ1n) is 9.97. The molecule has 0 aliphatic carbocycles. The van der Waals surface area contributed by atoms with Crippen LogP contribution >= 0.6 is 23.1 Å². The van der Waals surface area contributed by atoms with Crippen molar-refractivity contribution in [3.63, 3.8) is 0 Å². The summed E-state index contributed by atoms with van der Waals surface area (Å²) in [5.74, 6) is 0.883. The van der Waals surface area contributed by atoms with Crippen molar-refractivity contribution in [2.24, 2.45) is 0 Å². The number of thiophene rings is 1. The Morgan fingerprint density at radius 1 is 1.12 bits per heavy atom. The first-order chi connectivity index (χ1) is 15.8. The number of carbonyl (C=O) groups is 1. The molecule has 1 amide bonds. The monoisotopic (exact) mass is 460 g/mol. The van der Waals surface area contributed by atoms with Crippen molar-refractivity contribution in [2.45, 2.75) is 18.1 Å². The summed E-state index contributed by atoms with van der Waals surface area (Å²) >= 11 is 2.94. The van der Waals surface area contributed by atoms with Crippen molar-refractivity contribution < 1.29 is 4.79 Å². The molecule has 0 spiro atoms. The first-order valence-corrected chi connectivity index (χ1v) is 11.8. The summed E-state index contributed by atoms with van der Waals surface area (Å²) < 4.78 is 1.98. The number of nitrogens with zero attached hydrogens (tertiary/aromatic N) is 6. The highest BCUT2D eigenvalue weighted by atomic mass is 32.2. The molecule has 0 bridgehead atoms. The van der Waals surface area contributed by atoms with Crippen LogP contribution in [0.15, 0.2) is 77.5 Å². The van der Waals surface area contributed by atoms with Gasteiger partial charge < -0.3 is 4.90 Å². The molecule has 4 rings (SSSR count). The highest BCUT2D eigenvalue weighted by molar-refractivity contribution is 7.99. The summed E-state index contributed by atoms with van der Waals surface area (Å²) in [6.45, 7) is 0.789. The summed E-state index contributed by atoms with van der Waals surface area (Å²) in [7, 11) is 0. The van der Waals surface area contributed by atoms with E-state index in [-0.39, 0.29) is 18.1 Å². The van der Waals surface area contributed by atoms with Crippen LogP contribution in [-0.4, -0.2) is 42.9 Å². The van der Waals surface area contributed by atoms with Gasteiger partial charge in [-0.05, 0) is 35.2 Å². The maximum absolute atomic E-state index is 13.0. The fourth-order valence-corrected chi connectivity index (χ4v) is 4.70. The minimum Gasteiger partial charge on any atom is -0.337 e. The van der Waals surface area contributed by atoms with Gasteiger partial charge in [0.05, 0.1) is 23.1 Å². The molecule has 0 aliphatic heterocycles. The summed E-state index contributed by atoms with van der Waals surface area (Å²) in [5.41, 5.74) is 1.86. The number of amides is 1. The molecule has 0 saturated heterocycles. The molecule has 4 aromatic rings. The topological polar surface area (TPSA) is 87.7 Å². The van der Waals surface area contributed by atoms with Crippen LogP contribution in [0, 0.1) is 11.3 Å². The van der Waals surface area contributed by atoms with E-state index in [1.165, 1.54) is 11.8 Å². The van der Waals surface area contributed by atoms with Gasteiger partial charge >= 0.3 is 0 Å². The van der Waals surface area contributed by atoms with E-state index in [0.29, 0.717) is 18.2 Å². The summed E-state index contributed by atoms with van der Waals surface area (Å²) in [6.07, 6.45) is 3.71. The Balaban J connectivity index is 1.54. The van der Waals surface area contributed by atoms with E-state index in [2.05, 4.69) is 21.3 Å². The van der Waals surface area contributed by atoms with Gasteiger partial charge in [-0.15, -0.1) is 21.5 Å². The Bertz CT molecular complexity index is 1190. The third-order valence-electron chi connectivity index (χ3n) is 4.66. The predicted octanol–water partition coefficient (Wildman–Crippen LogP) is 4.43. The fourth-order valence-electron chi connectivity index (χ4n) is 3.15. The lowest BCUT2D eigenvalue weighted by atomic mass is 10.2. The lowest BCUT2D eigenvalue weighted by Crippen LogP contribution is -2.33. The molecule has 0 N–H and O–H groups in total. The lowest BCUT2D eigenvalue weighted by Gasteiger charge is -2.21.